The largest absolute Gasteiger partial charge is 0.356 e. The van der Waals surface area contributed by atoms with Crippen LogP contribution in [0.15, 0.2) is 30.3 Å². The van der Waals surface area contributed by atoms with E-state index >= 15 is 0 Å². The number of nitrogens with one attached hydrogen (secondary N) is 2. The number of rotatable bonds is 7. The molecule has 3 rings (SSSR count). The predicted molar refractivity (Wildman–Crippen MR) is 105 cm³/mol. The number of aromatic amines is 1. The minimum absolute atomic E-state index is 0.0329. The molecule has 0 radical (unpaired) electrons. The Labute approximate surface area is 165 Å². The van der Waals surface area contributed by atoms with Crippen molar-refractivity contribution in [3.05, 3.63) is 51.9 Å². The maximum absolute atomic E-state index is 13.1. The molecule has 0 bridgehead atoms. The highest BCUT2D eigenvalue weighted by molar-refractivity contribution is 6.34. The predicted octanol–water partition coefficient (Wildman–Crippen LogP) is 4.25. The summed E-state index contributed by atoms with van der Waals surface area (Å²) in [5.74, 6) is -0.0904. The van der Waals surface area contributed by atoms with Crippen molar-refractivity contribution in [1.29, 1.82) is 0 Å². The second-order valence-corrected chi connectivity index (χ2v) is 6.96. The van der Waals surface area contributed by atoms with Crippen molar-refractivity contribution in [3.63, 3.8) is 0 Å². The molecule has 0 spiro atoms. The molecule has 0 aliphatic rings. The molecule has 0 aliphatic carbocycles. The molecular weight excluding hydrogens is 392 g/mol. The minimum atomic E-state index is -0.571. The Hall–Kier alpha value is -2.38. The zero-order chi connectivity index (χ0) is 19.4. The van der Waals surface area contributed by atoms with Crippen molar-refractivity contribution in [3.8, 4) is 0 Å². The van der Waals surface area contributed by atoms with Crippen molar-refractivity contribution >= 4 is 46.2 Å². The summed E-state index contributed by atoms with van der Waals surface area (Å²) in [4.78, 5) is 24.6. The molecule has 2 aromatic heterocycles. The highest BCUT2D eigenvalue weighted by Crippen LogP contribution is 2.20. The highest BCUT2D eigenvalue weighted by Gasteiger charge is 2.11. The van der Waals surface area contributed by atoms with Gasteiger partial charge in [0.1, 0.15) is 0 Å². The second kappa shape index (κ2) is 8.54. The molecule has 27 heavy (non-hydrogen) atoms. The maximum Gasteiger partial charge on any atom is 0.219 e. The van der Waals surface area contributed by atoms with Gasteiger partial charge in [0, 0.05) is 36.6 Å². The van der Waals surface area contributed by atoms with Crippen molar-refractivity contribution in [1.82, 2.24) is 19.9 Å². The Bertz CT molecular complexity index is 942. The molecule has 2 N–H and O–H groups in total. The molecule has 1 aromatic carbocycles. The van der Waals surface area contributed by atoms with Crippen molar-refractivity contribution < 1.29 is 9.18 Å². The quantitative estimate of drug-likeness (QED) is 0.451. The zero-order valence-corrected chi connectivity index (χ0v) is 16.1. The third-order valence-electron chi connectivity index (χ3n) is 3.95. The van der Waals surface area contributed by atoms with Crippen LogP contribution >= 0.6 is 23.2 Å². The number of nitrogens with zero attached hydrogens (tertiary/aromatic N) is 3. The van der Waals surface area contributed by atoms with Gasteiger partial charge in [-0.15, -0.1) is 0 Å². The van der Waals surface area contributed by atoms with Crippen LogP contribution in [0.2, 0.25) is 10.0 Å². The summed E-state index contributed by atoms with van der Waals surface area (Å²) >= 11 is 12.0. The third-order valence-corrected chi connectivity index (χ3v) is 4.39. The maximum atomic E-state index is 13.1. The van der Waals surface area contributed by atoms with Gasteiger partial charge in [0.2, 0.25) is 17.8 Å². The first kappa shape index (κ1) is 19.4. The van der Waals surface area contributed by atoms with E-state index in [4.69, 9.17) is 23.2 Å². The first-order valence-electron chi connectivity index (χ1n) is 8.37. The average Bonchev–Trinajstić information content (AvgIpc) is 2.98. The van der Waals surface area contributed by atoms with E-state index in [1.54, 1.807) is 29.2 Å². The zero-order valence-electron chi connectivity index (χ0n) is 14.6. The Morgan fingerprint density at radius 3 is 2.67 bits per heavy atom. The average molecular weight is 410 g/mol. The molecular formula is C18H18Cl2FN5O. The van der Waals surface area contributed by atoms with E-state index in [2.05, 4.69) is 20.3 Å². The smallest absolute Gasteiger partial charge is 0.219 e. The molecule has 2 heterocycles. The van der Waals surface area contributed by atoms with E-state index in [0.29, 0.717) is 53.2 Å². The van der Waals surface area contributed by atoms with Gasteiger partial charge in [-0.25, -0.2) is 0 Å². The van der Waals surface area contributed by atoms with Crippen LogP contribution in [0.5, 0.6) is 0 Å². The summed E-state index contributed by atoms with van der Waals surface area (Å²) in [5, 5.41) is 4.20. The van der Waals surface area contributed by atoms with Gasteiger partial charge in [0.05, 0.1) is 5.52 Å². The van der Waals surface area contributed by atoms with Crippen LogP contribution in [0.1, 0.15) is 18.9 Å². The summed E-state index contributed by atoms with van der Waals surface area (Å²) in [6.07, 6.45) is 0.701. The van der Waals surface area contributed by atoms with Gasteiger partial charge in [0.15, 0.2) is 5.65 Å². The summed E-state index contributed by atoms with van der Waals surface area (Å²) in [6.45, 7) is 3.10. The van der Waals surface area contributed by atoms with E-state index in [-0.39, 0.29) is 5.91 Å². The van der Waals surface area contributed by atoms with E-state index in [0.717, 1.165) is 5.56 Å². The van der Waals surface area contributed by atoms with E-state index in [1.165, 1.54) is 13.0 Å². The number of hydrogen-bond donors (Lipinski definition) is 2. The number of amides is 1. The van der Waals surface area contributed by atoms with Crippen LogP contribution in [0, 0.1) is 5.95 Å². The van der Waals surface area contributed by atoms with Gasteiger partial charge in [-0.2, -0.15) is 14.4 Å². The molecule has 0 saturated carbocycles. The lowest BCUT2D eigenvalue weighted by molar-refractivity contribution is -0.129. The highest BCUT2D eigenvalue weighted by atomic mass is 35.5. The van der Waals surface area contributed by atoms with Crippen LogP contribution in [0.4, 0.5) is 10.3 Å². The number of carbonyl (C=O) groups is 1. The third kappa shape index (κ3) is 5.30. The molecule has 0 aliphatic heterocycles. The Balaban J connectivity index is 1.54. The summed E-state index contributed by atoms with van der Waals surface area (Å²) in [7, 11) is 0. The Kier molecular flexibility index (Phi) is 6.13. The molecule has 142 valence electrons. The van der Waals surface area contributed by atoms with Crippen LogP contribution < -0.4 is 5.32 Å². The van der Waals surface area contributed by atoms with Crippen molar-refractivity contribution in [2.24, 2.45) is 0 Å². The molecule has 0 unspecified atom stereocenters. The number of carbonyl (C=O) groups excluding carboxylic acids is 1. The Morgan fingerprint density at radius 2 is 1.96 bits per heavy atom. The number of halogens is 3. The topological polar surface area (TPSA) is 73.9 Å². The molecule has 0 atom stereocenters. The molecule has 3 aromatic rings. The molecule has 6 nitrogen and oxygen atoms in total. The minimum Gasteiger partial charge on any atom is -0.356 e. The fraction of sp³-hybridized carbons (Fsp3) is 0.278. The summed E-state index contributed by atoms with van der Waals surface area (Å²) in [5.41, 5.74) is 1.85. The van der Waals surface area contributed by atoms with E-state index in [9.17, 15) is 9.18 Å². The second-order valence-electron chi connectivity index (χ2n) is 6.09. The number of aromatic nitrogens is 3. The monoisotopic (exact) mass is 409 g/mol. The number of H-pyrrole nitrogens is 1. The van der Waals surface area contributed by atoms with Crippen LogP contribution in [-0.2, 0) is 11.3 Å². The number of benzene rings is 1. The SMILES string of the molecule is CC(=O)N(CCCNc1nc2nc(F)ccc2[nH]1)Cc1cc(Cl)cc(Cl)c1. The van der Waals surface area contributed by atoms with Crippen LogP contribution in [-0.4, -0.2) is 38.8 Å². The van der Waals surface area contributed by atoms with Crippen LogP contribution in [0.3, 0.4) is 0 Å². The molecule has 0 fully saturated rings. The van der Waals surface area contributed by atoms with Gasteiger partial charge in [-0.05, 0) is 42.3 Å². The first-order chi connectivity index (χ1) is 12.9. The lowest BCUT2D eigenvalue weighted by Crippen LogP contribution is -2.30. The lowest BCUT2D eigenvalue weighted by Gasteiger charge is -2.21. The van der Waals surface area contributed by atoms with Gasteiger partial charge in [0.25, 0.3) is 0 Å². The van der Waals surface area contributed by atoms with Gasteiger partial charge in [-0.3, -0.25) is 4.79 Å². The van der Waals surface area contributed by atoms with E-state index < -0.39 is 5.95 Å². The number of hydrogen-bond acceptors (Lipinski definition) is 4. The molecule has 9 heteroatoms. The standard InChI is InChI=1S/C18H18Cl2FN5O/c1-11(27)26(10-12-7-13(19)9-14(20)8-12)6-2-5-22-18-23-15-3-4-16(21)24-17(15)25-18/h3-4,7-9H,2,5-6,10H2,1H3,(H2,22,23,24,25). The normalized spacial score (nSPS) is 11.0. The van der Waals surface area contributed by atoms with Gasteiger partial charge in [-0.1, -0.05) is 23.2 Å². The Morgan fingerprint density at radius 1 is 1.22 bits per heavy atom. The summed E-state index contributed by atoms with van der Waals surface area (Å²) < 4.78 is 13.1. The first-order valence-corrected chi connectivity index (χ1v) is 9.13. The fourth-order valence-corrected chi connectivity index (χ4v) is 3.27. The fourth-order valence-electron chi connectivity index (χ4n) is 2.70. The molecule has 0 saturated heterocycles. The van der Waals surface area contributed by atoms with Crippen molar-refractivity contribution in [2.45, 2.75) is 19.9 Å². The summed E-state index contributed by atoms with van der Waals surface area (Å²) in [6, 6.07) is 8.10. The lowest BCUT2D eigenvalue weighted by atomic mass is 10.2. The van der Waals surface area contributed by atoms with Gasteiger partial charge < -0.3 is 15.2 Å². The van der Waals surface area contributed by atoms with Crippen molar-refractivity contribution in [2.75, 3.05) is 18.4 Å². The number of pyridine rings is 1. The van der Waals surface area contributed by atoms with Crippen LogP contribution in [0.25, 0.3) is 11.2 Å². The number of anilines is 1. The van der Waals surface area contributed by atoms with E-state index in [1.807, 2.05) is 0 Å². The van der Waals surface area contributed by atoms with Gasteiger partial charge >= 0.3 is 0 Å². The molecule has 1 amide bonds. The number of imidazole rings is 1. The number of fused-ring (bicyclic) bond motifs is 1.